The van der Waals surface area contributed by atoms with Crippen molar-refractivity contribution >= 4 is 11.9 Å². The normalized spacial score (nSPS) is 20.3. The Bertz CT molecular complexity index is 530. The minimum atomic E-state index is -0.762. The molecule has 1 saturated carbocycles. The molecule has 0 aromatic heterocycles. The summed E-state index contributed by atoms with van der Waals surface area (Å²) in [5.41, 5.74) is 0. The SMILES string of the molecule is CCCCCC(CCC)C(CCCCCCCCCC(C)C)OC(=O)C1CCCC(C(=O)O)C1. The van der Waals surface area contributed by atoms with E-state index in [4.69, 9.17) is 4.74 Å². The number of rotatable bonds is 20. The molecule has 1 fully saturated rings. The molecule has 1 aliphatic carbocycles. The quantitative estimate of drug-likeness (QED) is 0.139. The molecule has 4 atom stereocenters. The third-order valence-electron chi connectivity index (χ3n) is 7.76. The van der Waals surface area contributed by atoms with Crippen molar-refractivity contribution in [3.8, 4) is 0 Å². The highest BCUT2D eigenvalue weighted by Crippen LogP contribution is 2.32. The van der Waals surface area contributed by atoms with Gasteiger partial charge in [-0.2, -0.15) is 0 Å². The second-order valence-electron chi connectivity index (χ2n) is 11.4. The number of unbranched alkanes of at least 4 members (excludes halogenated alkanes) is 8. The van der Waals surface area contributed by atoms with Crippen molar-refractivity contribution in [2.24, 2.45) is 23.7 Å². The third-order valence-corrected chi connectivity index (χ3v) is 7.76. The summed E-state index contributed by atoms with van der Waals surface area (Å²) in [5.74, 6) is -0.256. The second-order valence-corrected chi connectivity index (χ2v) is 11.4. The van der Waals surface area contributed by atoms with E-state index in [1.807, 2.05) is 0 Å². The Balaban J connectivity index is 2.56. The summed E-state index contributed by atoms with van der Waals surface area (Å²) in [6.45, 7) is 9.06. The van der Waals surface area contributed by atoms with Crippen LogP contribution in [0.3, 0.4) is 0 Å². The van der Waals surface area contributed by atoms with Crippen molar-refractivity contribution in [2.45, 2.75) is 156 Å². The molecule has 0 aromatic carbocycles. The van der Waals surface area contributed by atoms with Crippen molar-refractivity contribution in [1.29, 1.82) is 0 Å². The highest BCUT2D eigenvalue weighted by Gasteiger charge is 2.34. The van der Waals surface area contributed by atoms with Gasteiger partial charge in [-0.15, -0.1) is 0 Å². The second kappa shape index (κ2) is 19.2. The Morgan fingerprint density at radius 2 is 1.35 bits per heavy atom. The molecule has 0 bridgehead atoms. The van der Waals surface area contributed by atoms with Gasteiger partial charge in [-0.05, 0) is 56.8 Å². The van der Waals surface area contributed by atoms with E-state index in [0.717, 1.165) is 50.9 Å². The van der Waals surface area contributed by atoms with Crippen LogP contribution >= 0.6 is 0 Å². The van der Waals surface area contributed by atoms with E-state index in [1.54, 1.807) is 0 Å². The minimum absolute atomic E-state index is 0.000512. The predicted molar refractivity (Wildman–Crippen MR) is 142 cm³/mol. The first-order valence-electron chi connectivity index (χ1n) is 14.8. The third kappa shape index (κ3) is 13.7. The van der Waals surface area contributed by atoms with Gasteiger partial charge in [0, 0.05) is 0 Å². The molecular weight excluding hydrogens is 424 g/mol. The van der Waals surface area contributed by atoms with E-state index < -0.39 is 5.97 Å². The van der Waals surface area contributed by atoms with Crippen molar-refractivity contribution in [3.63, 3.8) is 0 Å². The van der Waals surface area contributed by atoms with Gasteiger partial charge in [0.1, 0.15) is 6.10 Å². The Morgan fingerprint density at radius 3 is 1.94 bits per heavy atom. The molecule has 200 valence electrons. The zero-order valence-corrected chi connectivity index (χ0v) is 23.0. The summed E-state index contributed by atoms with van der Waals surface area (Å²) in [6.07, 6.45) is 21.0. The van der Waals surface area contributed by atoms with Gasteiger partial charge in [0.25, 0.3) is 0 Å². The Labute approximate surface area is 211 Å². The smallest absolute Gasteiger partial charge is 0.309 e. The molecule has 0 saturated heterocycles. The summed E-state index contributed by atoms with van der Waals surface area (Å²) < 4.78 is 6.21. The van der Waals surface area contributed by atoms with Crippen LogP contribution in [-0.4, -0.2) is 23.1 Å². The van der Waals surface area contributed by atoms with Gasteiger partial charge in [-0.1, -0.05) is 105 Å². The zero-order chi connectivity index (χ0) is 25.2. The van der Waals surface area contributed by atoms with E-state index >= 15 is 0 Å². The number of hydrogen-bond acceptors (Lipinski definition) is 3. The number of ether oxygens (including phenoxy) is 1. The molecule has 1 N–H and O–H groups in total. The molecule has 1 aliphatic rings. The topological polar surface area (TPSA) is 63.6 Å². The first-order chi connectivity index (χ1) is 16.4. The predicted octanol–water partition coefficient (Wildman–Crippen LogP) is 8.95. The molecule has 0 radical (unpaired) electrons. The average Bonchev–Trinajstić information content (AvgIpc) is 2.81. The van der Waals surface area contributed by atoms with Crippen LogP contribution in [0, 0.1) is 23.7 Å². The molecule has 4 unspecified atom stereocenters. The van der Waals surface area contributed by atoms with Crippen LogP contribution in [-0.2, 0) is 14.3 Å². The summed E-state index contributed by atoms with van der Waals surface area (Å²) in [5, 5.41) is 9.41. The van der Waals surface area contributed by atoms with E-state index in [0.29, 0.717) is 18.8 Å². The van der Waals surface area contributed by atoms with Gasteiger partial charge in [-0.25, -0.2) is 0 Å². The lowest BCUT2D eigenvalue weighted by Crippen LogP contribution is -2.33. The van der Waals surface area contributed by atoms with Crippen molar-refractivity contribution in [1.82, 2.24) is 0 Å². The summed E-state index contributed by atoms with van der Waals surface area (Å²) in [4.78, 5) is 24.5. The summed E-state index contributed by atoms with van der Waals surface area (Å²) in [7, 11) is 0. The number of carbonyl (C=O) groups excluding carboxylic acids is 1. The highest BCUT2D eigenvalue weighted by molar-refractivity contribution is 5.75. The molecule has 0 heterocycles. The molecular formula is C30H56O4. The fourth-order valence-corrected chi connectivity index (χ4v) is 5.59. The number of carboxylic acid groups (broad SMARTS) is 1. The van der Waals surface area contributed by atoms with E-state index in [1.165, 1.54) is 64.2 Å². The largest absolute Gasteiger partial charge is 0.481 e. The number of carboxylic acids is 1. The van der Waals surface area contributed by atoms with Crippen molar-refractivity contribution in [2.75, 3.05) is 0 Å². The van der Waals surface area contributed by atoms with Crippen LogP contribution < -0.4 is 0 Å². The van der Waals surface area contributed by atoms with Gasteiger partial charge in [0.2, 0.25) is 0 Å². The molecule has 0 aromatic rings. The van der Waals surface area contributed by atoms with Gasteiger partial charge in [0.15, 0.2) is 0 Å². The summed E-state index contributed by atoms with van der Waals surface area (Å²) in [6, 6.07) is 0. The Kier molecular flexibility index (Phi) is 17.5. The number of hydrogen-bond donors (Lipinski definition) is 1. The average molecular weight is 481 g/mol. The zero-order valence-electron chi connectivity index (χ0n) is 23.0. The molecule has 4 heteroatoms. The molecule has 4 nitrogen and oxygen atoms in total. The lowest BCUT2D eigenvalue weighted by atomic mass is 9.81. The fourth-order valence-electron chi connectivity index (χ4n) is 5.59. The van der Waals surface area contributed by atoms with E-state index in [2.05, 4.69) is 27.7 Å². The molecule has 1 rings (SSSR count). The lowest BCUT2D eigenvalue weighted by Gasteiger charge is -2.31. The van der Waals surface area contributed by atoms with E-state index in [-0.39, 0.29) is 23.9 Å². The first-order valence-corrected chi connectivity index (χ1v) is 14.8. The molecule has 0 amide bonds. The van der Waals surface area contributed by atoms with Crippen LogP contribution in [0.5, 0.6) is 0 Å². The number of esters is 1. The fraction of sp³-hybridized carbons (Fsp3) is 0.933. The molecule has 0 aliphatic heterocycles. The maximum Gasteiger partial charge on any atom is 0.309 e. The summed E-state index contributed by atoms with van der Waals surface area (Å²) >= 11 is 0. The van der Waals surface area contributed by atoms with Gasteiger partial charge in [-0.3, -0.25) is 9.59 Å². The Morgan fingerprint density at radius 1 is 0.765 bits per heavy atom. The van der Waals surface area contributed by atoms with Crippen LogP contribution in [0.15, 0.2) is 0 Å². The Hall–Kier alpha value is -1.06. The van der Waals surface area contributed by atoms with Crippen molar-refractivity contribution < 1.29 is 19.4 Å². The first kappa shape index (κ1) is 31.0. The minimum Gasteiger partial charge on any atom is -0.481 e. The lowest BCUT2D eigenvalue weighted by molar-refractivity contribution is -0.160. The van der Waals surface area contributed by atoms with Crippen LogP contribution in [0.2, 0.25) is 0 Å². The van der Waals surface area contributed by atoms with Gasteiger partial charge < -0.3 is 9.84 Å². The van der Waals surface area contributed by atoms with Gasteiger partial charge in [0.05, 0.1) is 11.8 Å². The van der Waals surface area contributed by atoms with E-state index in [9.17, 15) is 14.7 Å². The number of aliphatic carboxylic acids is 1. The van der Waals surface area contributed by atoms with Gasteiger partial charge >= 0.3 is 11.9 Å². The van der Waals surface area contributed by atoms with Crippen LogP contribution in [0.25, 0.3) is 0 Å². The van der Waals surface area contributed by atoms with Crippen LogP contribution in [0.4, 0.5) is 0 Å². The van der Waals surface area contributed by atoms with Crippen molar-refractivity contribution in [3.05, 3.63) is 0 Å². The number of carbonyl (C=O) groups is 2. The maximum atomic E-state index is 13.1. The monoisotopic (exact) mass is 480 g/mol. The maximum absolute atomic E-state index is 13.1. The molecule has 34 heavy (non-hydrogen) atoms. The molecule has 0 spiro atoms. The highest BCUT2D eigenvalue weighted by atomic mass is 16.5. The standard InChI is InChI=1S/C30H56O4/c1-5-7-13-19-25(17-6-2)28(22-15-12-10-8-9-11-14-18-24(3)4)34-30(33)27-21-16-20-26(23-27)29(31)32/h24-28H,5-23H2,1-4H3,(H,31,32). The van der Waals surface area contributed by atoms with Crippen LogP contribution in [0.1, 0.15) is 150 Å².